The lowest BCUT2D eigenvalue weighted by Gasteiger charge is -2.32. The Balaban J connectivity index is 1.38. The second kappa shape index (κ2) is 9.03. The summed E-state index contributed by atoms with van der Waals surface area (Å²) in [7, 11) is 0. The Bertz CT molecular complexity index is 1180. The first-order chi connectivity index (χ1) is 16.0. The van der Waals surface area contributed by atoms with E-state index in [1.54, 1.807) is 16.8 Å². The number of morpholine rings is 1. The molecular weight excluding hydrogens is 421 g/mol. The van der Waals surface area contributed by atoms with Gasteiger partial charge in [0, 0.05) is 26.2 Å². The maximum atomic E-state index is 13.6. The Hall–Kier alpha value is -3.10. The number of amides is 1. The molecule has 1 saturated heterocycles. The quantitative estimate of drug-likeness (QED) is 0.612. The highest BCUT2D eigenvalue weighted by molar-refractivity contribution is 5.93. The number of carbonyl (C=O) groups is 1. The van der Waals surface area contributed by atoms with Crippen LogP contribution in [0.25, 0.3) is 5.69 Å². The van der Waals surface area contributed by atoms with E-state index < -0.39 is 0 Å². The third kappa shape index (κ3) is 4.28. The van der Waals surface area contributed by atoms with Gasteiger partial charge in [0.05, 0.1) is 30.6 Å². The van der Waals surface area contributed by atoms with Crippen LogP contribution in [0.3, 0.4) is 0 Å². The molecule has 5 rings (SSSR count). The van der Waals surface area contributed by atoms with Gasteiger partial charge >= 0.3 is 0 Å². The van der Waals surface area contributed by atoms with Crippen molar-refractivity contribution in [3.63, 3.8) is 0 Å². The van der Waals surface area contributed by atoms with Gasteiger partial charge in [-0.15, -0.1) is 5.10 Å². The predicted molar refractivity (Wildman–Crippen MR) is 122 cm³/mol. The van der Waals surface area contributed by atoms with Crippen LogP contribution in [0, 0.1) is 12.7 Å². The van der Waals surface area contributed by atoms with Crippen molar-refractivity contribution >= 4 is 5.91 Å². The molecule has 0 saturated carbocycles. The summed E-state index contributed by atoms with van der Waals surface area (Å²) in [5, 5.41) is 8.63. The fourth-order valence-electron chi connectivity index (χ4n) is 4.80. The fourth-order valence-corrected chi connectivity index (χ4v) is 4.80. The molecule has 2 aliphatic heterocycles. The number of aromatic nitrogens is 3. The average Bonchev–Trinajstić information content (AvgIpc) is 3.19. The minimum absolute atomic E-state index is 0.0179. The first kappa shape index (κ1) is 21.7. The van der Waals surface area contributed by atoms with Gasteiger partial charge < -0.3 is 9.64 Å². The molecule has 1 unspecified atom stereocenters. The highest BCUT2D eigenvalue weighted by atomic mass is 19.1. The second-order valence-corrected chi connectivity index (χ2v) is 8.86. The molecule has 1 atom stereocenters. The van der Waals surface area contributed by atoms with Crippen molar-refractivity contribution in [1.29, 1.82) is 0 Å². The number of ether oxygens (including phenoxy) is 1. The minimum atomic E-state index is -0.203. The standard InChI is InChI=1S/C25H28FN5O2/c1-17-16-33-12-11-30(17)25(32)24-18(2)31(28-27-24)23-8-4-6-20-15-29(10-9-22(20)23)14-19-5-3-7-21(26)13-19/h3-8,13,17H,9-12,14-16H2,1-2H3. The lowest BCUT2D eigenvalue weighted by atomic mass is 9.97. The Labute approximate surface area is 192 Å². The van der Waals surface area contributed by atoms with Crippen LogP contribution in [0.5, 0.6) is 0 Å². The molecule has 0 N–H and O–H groups in total. The molecule has 8 heteroatoms. The molecule has 1 amide bonds. The zero-order valence-corrected chi connectivity index (χ0v) is 19.0. The van der Waals surface area contributed by atoms with Crippen molar-refractivity contribution in [3.8, 4) is 5.69 Å². The number of hydrogen-bond donors (Lipinski definition) is 0. The summed E-state index contributed by atoms with van der Waals surface area (Å²) in [4.78, 5) is 17.3. The van der Waals surface area contributed by atoms with Crippen LogP contribution in [0.2, 0.25) is 0 Å². The van der Waals surface area contributed by atoms with Crippen molar-refractivity contribution < 1.29 is 13.9 Å². The number of nitrogens with zero attached hydrogens (tertiary/aromatic N) is 5. The molecule has 0 bridgehead atoms. The largest absolute Gasteiger partial charge is 0.377 e. The van der Waals surface area contributed by atoms with E-state index in [1.165, 1.54) is 17.2 Å². The Morgan fingerprint density at radius 1 is 1.21 bits per heavy atom. The molecule has 0 aliphatic carbocycles. The number of hydrogen-bond acceptors (Lipinski definition) is 5. The maximum absolute atomic E-state index is 13.6. The van der Waals surface area contributed by atoms with Crippen LogP contribution in [-0.4, -0.2) is 63.0 Å². The molecule has 0 radical (unpaired) electrons. The normalized spacial score (nSPS) is 18.9. The predicted octanol–water partition coefficient (Wildman–Crippen LogP) is 3.13. The van der Waals surface area contributed by atoms with E-state index in [0.29, 0.717) is 32.0 Å². The van der Waals surface area contributed by atoms with Crippen LogP contribution >= 0.6 is 0 Å². The van der Waals surface area contributed by atoms with Crippen molar-refractivity contribution in [1.82, 2.24) is 24.8 Å². The summed E-state index contributed by atoms with van der Waals surface area (Å²) in [6.07, 6.45) is 0.851. The van der Waals surface area contributed by atoms with Gasteiger partial charge in [-0.2, -0.15) is 0 Å². The van der Waals surface area contributed by atoms with Crippen molar-refractivity contribution in [2.75, 3.05) is 26.3 Å². The van der Waals surface area contributed by atoms with E-state index in [-0.39, 0.29) is 17.8 Å². The highest BCUT2D eigenvalue weighted by Gasteiger charge is 2.29. The number of rotatable bonds is 4. The van der Waals surface area contributed by atoms with Gasteiger partial charge in [0.2, 0.25) is 0 Å². The average molecular weight is 450 g/mol. The minimum Gasteiger partial charge on any atom is -0.377 e. The Morgan fingerprint density at radius 3 is 2.88 bits per heavy atom. The molecule has 172 valence electrons. The van der Waals surface area contributed by atoms with Gasteiger partial charge in [-0.3, -0.25) is 9.69 Å². The molecule has 33 heavy (non-hydrogen) atoms. The summed E-state index contributed by atoms with van der Waals surface area (Å²) in [6, 6.07) is 13.0. The van der Waals surface area contributed by atoms with Crippen LogP contribution < -0.4 is 0 Å². The zero-order chi connectivity index (χ0) is 22.9. The highest BCUT2D eigenvalue weighted by Crippen LogP contribution is 2.27. The van der Waals surface area contributed by atoms with Crippen LogP contribution in [0.4, 0.5) is 4.39 Å². The summed E-state index contributed by atoms with van der Waals surface area (Å²) in [5.41, 5.74) is 5.53. The summed E-state index contributed by atoms with van der Waals surface area (Å²) in [6.45, 7) is 7.89. The summed E-state index contributed by atoms with van der Waals surface area (Å²) >= 11 is 0. The topological polar surface area (TPSA) is 63.5 Å². The van der Waals surface area contributed by atoms with Crippen LogP contribution in [-0.2, 0) is 24.2 Å². The lowest BCUT2D eigenvalue weighted by Crippen LogP contribution is -2.47. The van der Waals surface area contributed by atoms with Gasteiger partial charge in [-0.25, -0.2) is 9.07 Å². The molecule has 2 aliphatic rings. The number of benzene rings is 2. The van der Waals surface area contributed by atoms with E-state index in [1.807, 2.05) is 36.9 Å². The molecular formula is C25H28FN5O2. The molecule has 0 spiro atoms. The number of carbonyl (C=O) groups excluding carboxylic acids is 1. The third-order valence-corrected chi connectivity index (χ3v) is 6.57. The first-order valence-electron chi connectivity index (χ1n) is 11.4. The Kier molecular flexibility index (Phi) is 5.95. The zero-order valence-electron chi connectivity index (χ0n) is 19.0. The van der Waals surface area contributed by atoms with Crippen molar-refractivity contribution in [2.45, 2.75) is 39.4 Å². The number of halogens is 1. The van der Waals surface area contributed by atoms with Gasteiger partial charge in [0.1, 0.15) is 5.82 Å². The SMILES string of the molecule is Cc1c(C(=O)N2CCOCC2C)nnn1-c1cccc2c1CCN(Cc1cccc(F)c1)C2. The molecule has 1 aromatic heterocycles. The van der Waals surface area contributed by atoms with Crippen molar-refractivity contribution in [3.05, 3.63) is 76.4 Å². The second-order valence-electron chi connectivity index (χ2n) is 8.86. The number of fused-ring (bicyclic) bond motifs is 1. The summed E-state index contributed by atoms with van der Waals surface area (Å²) < 4.78 is 20.8. The first-order valence-corrected chi connectivity index (χ1v) is 11.4. The van der Waals surface area contributed by atoms with Gasteiger partial charge in [0.25, 0.3) is 5.91 Å². The van der Waals surface area contributed by atoms with E-state index in [4.69, 9.17) is 4.74 Å². The summed E-state index contributed by atoms with van der Waals surface area (Å²) in [5.74, 6) is -0.300. The molecule has 3 aromatic rings. The molecule has 7 nitrogen and oxygen atoms in total. The van der Waals surface area contributed by atoms with E-state index in [2.05, 4.69) is 21.3 Å². The molecule has 3 heterocycles. The van der Waals surface area contributed by atoms with E-state index in [9.17, 15) is 9.18 Å². The smallest absolute Gasteiger partial charge is 0.276 e. The van der Waals surface area contributed by atoms with Crippen molar-refractivity contribution in [2.24, 2.45) is 0 Å². The maximum Gasteiger partial charge on any atom is 0.276 e. The molecule has 2 aromatic carbocycles. The van der Waals surface area contributed by atoms with Gasteiger partial charge in [-0.05, 0) is 55.2 Å². The van der Waals surface area contributed by atoms with Crippen LogP contribution in [0.15, 0.2) is 42.5 Å². The third-order valence-electron chi connectivity index (χ3n) is 6.57. The fraction of sp³-hybridized carbons (Fsp3) is 0.400. The van der Waals surface area contributed by atoms with Crippen LogP contribution in [0.1, 0.15) is 39.8 Å². The molecule has 1 fully saturated rings. The monoisotopic (exact) mass is 449 g/mol. The lowest BCUT2D eigenvalue weighted by molar-refractivity contribution is 0.00322. The van der Waals surface area contributed by atoms with Gasteiger partial charge in [-0.1, -0.05) is 29.5 Å². The van der Waals surface area contributed by atoms with Gasteiger partial charge in [0.15, 0.2) is 5.69 Å². The van der Waals surface area contributed by atoms with E-state index >= 15 is 0 Å². The van der Waals surface area contributed by atoms with E-state index in [0.717, 1.165) is 36.5 Å². The Morgan fingerprint density at radius 2 is 2.06 bits per heavy atom.